The number of esters is 1. The largest absolute Gasteiger partial charge is 0.472 e. The molecular weight excluding hydrogens is 1060 g/mol. The number of nitrogens with one attached hydrogen (secondary N) is 1. The molecule has 0 aliphatic rings. The van der Waals surface area contributed by atoms with E-state index in [1.807, 2.05) is 33.3 Å². The van der Waals surface area contributed by atoms with E-state index in [1.165, 1.54) is 77.0 Å². The van der Waals surface area contributed by atoms with E-state index in [9.17, 15) is 19.0 Å². The van der Waals surface area contributed by atoms with E-state index in [4.69, 9.17) is 13.8 Å². The predicted molar refractivity (Wildman–Crippen MR) is 364 cm³/mol. The summed E-state index contributed by atoms with van der Waals surface area (Å²) in [6.45, 7) is 6.74. The Morgan fingerprint density at radius 1 is 0.429 bits per heavy atom. The van der Waals surface area contributed by atoms with Gasteiger partial charge < -0.3 is 19.4 Å². The van der Waals surface area contributed by atoms with Gasteiger partial charge in [-0.25, -0.2) is 4.57 Å². The normalized spacial score (nSPS) is 14.5. The maximum atomic E-state index is 13.6. The minimum absolute atomic E-state index is 0.0240. The topological polar surface area (TPSA) is 111 Å². The Morgan fingerprint density at radius 3 is 1.15 bits per heavy atom. The molecule has 1 amide bonds. The van der Waals surface area contributed by atoms with Gasteiger partial charge >= 0.3 is 13.8 Å². The third kappa shape index (κ3) is 62.4. The van der Waals surface area contributed by atoms with Crippen LogP contribution in [0.3, 0.4) is 0 Å². The zero-order valence-corrected chi connectivity index (χ0v) is 55.5. The van der Waals surface area contributed by atoms with Gasteiger partial charge in [0.1, 0.15) is 19.3 Å². The second kappa shape index (κ2) is 62.0. The van der Waals surface area contributed by atoms with Crippen LogP contribution in [-0.4, -0.2) is 74.3 Å². The number of hydrogen-bond acceptors (Lipinski definition) is 6. The van der Waals surface area contributed by atoms with Gasteiger partial charge in [-0.2, -0.15) is 0 Å². The summed E-state index contributed by atoms with van der Waals surface area (Å²) in [7, 11) is 1.45. The third-order valence-corrected chi connectivity index (χ3v) is 15.0. The number of phosphoric ester groups is 1. The van der Waals surface area contributed by atoms with Crippen molar-refractivity contribution < 1.29 is 37.3 Å². The van der Waals surface area contributed by atoms with Crippen molar-refractivity contribution in [3.63, 3.8) is 0 Å². The fourth-order valence-electron chi connectivity index (χ4n) is 8.91. The van der Waals surface area contributed by atoms with Crippen LogP contribution in [0.15, 0.2) is 146 Å². The molecule has 10 heteroatoms. The summed E-state index contributed by atoms with van der Waals surface area (Å²) in [6.07, 6.45) is 90.0. The molecule has 0 aromatic carbocycles. The second-order valence-electron chi connectivity index (χ2n) is 23.2. The number of nitrogens with zero attached hydrogens (tertiary/aromatic N) is 1. The lowest BCUT2D eigenvalue weighted by atomic mass is 10.0. The first-order chi connectivity index (χ1) is 40.9. The molecule has 9 nitrogen and oxygen atoms in total. The number of carbonyl (C=O) groups excluding carboxylic acids is 2. The van der Waals surface area contributed by atoms with Crippen LogP contribution in [-0.2, 0) is 27.9 Å². The van der Waals surface area contributed by atoms with Crippen molar-refractivity contribution in [3.05, 3.63) is 146 Å². The fraction of sp³-hybridized carbons (Fsp3) is 0.649. The highest BCUT2D eigenvalue weighted by molar-refractivity contribution is 7.47. The molecule has 2 N–H and O–H groups in total. The Bertz CT molecular complexity index is 1950. The van der Waals surface area contributed by atoms with E-state index in [0.29, 0.717) is 17.4 Å². The van der Waals surface area contributed by atoms with Crippen LogP contribution in [0.4, 0.5) is 0 Å². The van der Waals surface area contributed by atoms with Crippen molar-refractivity contribution in [2.45, 2.75) is 270 Å². The fourth-order valence-corrected chi connectivity index (χ4v) is 9.65. The number of likely N-dealkylation sites (N-methyl/N-ethyl adjacent to an activating group) is 1. The van der Waals surface area contributed by atoms with Gasteiger partial charge in [-0.05, 0) is 128 Å². The van der Waals surface area contributed by atoms with Crippen molar-refractivity contribution in [1.82, 2.24) is 5.32 Å². The Hall–Kier alpha value is -4.11. The molecule has 3 unspecified atom stereocenters. The van der Waals surface area contributed by atoms with Crippen LogP contribution in [0.5, 0.6) is 0 Å². The minimum atomic E-state index is -4.47. The van der Waals surface area contributed by atoms with Crippen molar-refractivity contribution in [2.75, 3.05) is 40.9 Å². The zero-order chi connectivity index (χ0) is 61.4. The Balaban J connectivity index is 5.20. The van der Waals surface area contributed by atoms with Gasteiger partial charge in [0.25, 0.3) is 0 Å². The van der Waals surface area contributed by atoms with Gasteiger partial charge in [0.05, 0.1) is 33.8 Å². The summed E-state index contributed by atoms with van der Waals surface area (Å²) in [5, 5.41) is 3.04. The molecule has 0 aliphatic heterocycles. The second-order valence-corrected chi connectivity index (χ2v) is 24.7. The molecule has 0 rings (SSSR count). The molecule has 0 heterocycles. The van der Waals surface area contributed by atoms with Crippen LogP contribution in [0.2, 0.25) is 0 Å². The van der Waals surface area contributed by atoms with Gasteiger partial charge in [-0.15, -0.1) is 0 Å². The Labute approximate surface area is 517 Å². The molecule has 0 saturated heterocycles. The molecule has 0 aliphatic carbocycles. The number of quaternary nitrogens is 1. The Morgan fingerprint density at radius 2 is 0.762 bits per heavy atom. The SMILES string of the molecule is CC/C=C\C/C=C\C/C=C\C/C=C\C/C=C\C/C=C\CCCCCCCCCCC(=O)OC(/C=C\CCCCCCCCCCCC)C(COP(=O)(O)OCC[N+](C)(C)C)NC(=O)CCCCC/C=C\C/C=C\C/C=C\C/C=C\C/C=C\CC. The number of ether oxygens (including phenoxy) is 1. The number of phosphoric acid groups is 1. The van der Waals surface area contributed by atoms with Crippen LogP contribution in [0, 0.1) is 0 Å². The van der Waals surface area contributed by atoms with Crippen LogP contribution in [0.25, 0.3) is 0 Å². The van der Waals surface area contributed by atoms with E-state index >= 15 is 0 Å². The molecular formula is C74H126N2O7P+. The number of hydrogen-bond donors (Lipinski definition) is 2. The average Bonchev–Trinajstić information content (AvgIpc) is 3.65. The number of allylic oxidation sites excluding steroid dienone is 23. The average molecular weight is 1190 g/mol. The van der Waals surface area contributed by atoms with E-state index in [-0.39, 0.29) is 37.9 Å². The standard InChI is InChI=1S/C74H125N2O7P/c1-7-10-13-16-19-22-25-28-30-32-34-35-36-37-38-39-40-41-43-45-47-49-52-55-58-61-64-67-74(78)83-72(65-62-59-56-53-50-27-24-21-18-15-12-9-3)71(70-82-84(79,80)81-69-68-76(4,5)6)75-73(77)66-63-60-57-54-51-48-46-44-42-33-31-29-26-23-20-17-14-11-8-2/h10-11,13-14,19-20,22-23,28-31,34-35,37-38,40-42,44,48,51,62,65,71-72H,7-9,12,15-18,21,24-27,32-33,36,39,43,45-47,49-50,52-61,63-64,66-70H2,1-6H3,(H-,75,77,79,80)/p+1/b13-10-,14-11-,22-19-,23-20-,30-28-,31-29-,35-34-,38-37-,41-40-,44-42-,51-48-,65-62-. The van der Waals surface area contributed by atoms with Gasteiger partial charge in [-0.1, -0.05) is 263 Å². The Kier molecular flexibility index (Phi) is 58.9. The highest BCUT2D eigenvalue weighted by Gasteiger charge is 2.30. The highest BCUT2D eigenvalue weighted by atomic mass is 31.2. The van der Waals surface area contributed by atoms with Crippen LogP contribution >= 0.6 is 7.82 Å². The summed E-state index contributed by atoms with van der Waals surface area (Å²) >= 11 is 0. The first-order valence-electron chi connectivity index (χ1n) is 33.7. The van der Waals surface area contributed by atoms with E-state index in [0.717, 1.165) is 141 Å². The molecule has 0 bridgehead atoms. The summed E-state index contributed by atoms with van der Waals surface area (Å²) in [4.78, 5) is 37.8. The molecule has 84 heavy (non-hydrogen) atoms. The first-order valence-corrected chi connectivity index (χ1v) is 35.2. The maximum Gasteiger partial charge on any atom is 0.472 e. The maximum absolute atomic E-state index is 13.6. The van der Waals surface area contributed by atoms with Crippen LogP contribution < -0.4 is 5.32 Å². The lowest BCUT2D eigenvalue weighted by molar-refractivity contribution is -0.870. The van der Waals surface area contributed by atoms with Gasteiger partial charge in [0, 0.05) is 12.8 Å². The summed E-state index contributed by atoms with van der Waals surface area (Å²) in [5.41, 5.74) is 0. The lowest BCUT2D eigenvalue weighted by Crippen LogP contribution is -2.47. The van der Waals surface area contributed by atoms with Crippen molar-refractivity contribution >= 4 is 19.7 Å². The molecule has 0 aromatic heterocycles. The third-order valence-electron chi connectivity index (χ3n) is 14.0. The molecule has 478 valence electrons. The summed E-state index contributed by atoms with van der Waals surface area (Å²) < 4.78 is 30.7. The quantitative estimate of drug-likeness (QED) is 0.0205. The monoisotopic (exact) mass is 1190 g/mol. The van der Waals surface area contributed by atoms with Crippen molar-refractivity contribution in [3.8, 4) is 0 Å². The first kappa shape index (κ1) is 79.9. The summed E-state index contributed by atoms with van der Waals surface area (Å²) in [6, 6.07) is -0.881. The van der Waals surface area contributed by atoms with Gasteiger partial charge in [0.2, 0.25) is 5.91 Å². The lowest BCUT2D eigenvalue weighted by Gasteiger charge is -2.27. The minimum Gasteiger partial charge on any atom is -0.456 e. The molecule has 0 saturated carbocycles. The van der Waals surface area contributed by atoms with E-state index in [1.54, 1.807) is 0 Å². The zero-order valence-electron chi connectivity index (χ0n) is 54.6. The van der Waals surface area contributed by atoms with Crippen molar-refractivity contribution in [2.24, 2.45) is 0 Å². The number of carbonyl (C=O) groups is 2. The number of rotatable bonds is 59. The molecule has 0 radical (unpaired) electrons. The predicted octanol–water partition coefficient (Wildman–Crippen LogP) is 21.4. The molecule has 3 atom stereocenters. The van der Waals surface area contributed by atoms with Crippen LogP contribution in [0.1, 0.15) is 258 Å². The van der Waals surface area contributed by atoms with Gasteiger partial charge in [-0.3, -0.25) is 18.6 Å². The molecule has 0 fully saturated rings. The van der Waals surface area contributed by atoms with Crippen molar-refractivity contribution in [1.29, 1.82) is 0 Å². The smallest absolute Gasteiger partial charge is 0.456 e. The number of amides is 1. The highest BCUT2D eigenvalue weighted by Crippen LogP contribution is 2.43. The van der Waals surface area contributed by atoms with E-state index < -0.39 is 20.0 Å². The van der Waals surface area contributed by atoms with E-state index in [2.05, 4.69) is 160 Å². The van der Waals surface area contributed by atoms with Gasteiger partial charge in [0.15, 0.2) is 0 Å². The summed E-state index contributed by atoms with van der Waals surface area (Å²) in [5.74, 6) is -0.561. The number of unbranched alkanes of at least 4 members (excludes halogenated alkanes) is 21. The molecule has 0 spiro atoms. The molecule has 0 aromatic rings.